The molecular formula is C13H13BrN2OS. The van der Waals surface area contributed by atoms with E-state index >= 15 is 0 Å². The molecule has 0 aliphatic heterocycles. The Balaban J connectivity index is 2.09. The number of halogens is 1. The summed E-state index contributed by atoms with van der Waals surface area (Å²) >= 11 is 4.90. The molecule has 0 fully saturated rings. The van der Waals surface area contributed by atoms with Gasteiger partial charge in [-0.3, -0.25) is 9.78 Å². The van der Waals surface area contributed by atoms with Gasteiger partial charge in [-0.1, -0.05) is 6.07 Å². The molecule has 0 N–H and O–H groups in total. The van der Waals surface area contributed by atoms with Gasteiger partial charge in [0.25, 0.3) is 5.91 Å². The number of aromatic nitrogens is 1. The van der Waals surface area contributed by atoms with Crippen LogP contribution in [0, 0.1) is 6.92 Å². The molecule has 0 saturated heterocycles. The van der Waals surface area contributed by atoms with E-state index in [0.717, 1.165) is 19.9 Å². The van der Waals surface area contributed by atoms with Crippen molar-refractivity contribution in [3.8, 4) is 0 Å². The van der Waals surface area contributed by atoms with Gasteiger partial charge < -0.3 is 4.90 Å². The lowest BCUT2D eigenvalue weighted by Gasteiger charge is -2.15. The Hall–Kier alpha value is -1.20. The van der Waals surface area contributed by atoms with Crippen molar-refractivity contribution in [2.75, 3.05) is 7.05 Å². The van der Waals surface area contributed by atoms with Gasteiger partial charge in [0, 0.05) is 13.2 Å². The monoisotopic (exact) mass is 324 g/mol. The number of rotatable bonds is 3. The fraction of sp³-hybridized carbons (Fsp3) is 0.231. The number of thiophene rings is 1. The predicted molar refractivity (Wildman–Crippen MR) is 76.8 cm³/mol. The van der Waals surface area contributed by atoms with Crippen LogP contribution in [0.3, 0.4) is 0 Å². The van der Waals surface area contributed by atoms with Crippen molar-refractivity contribution < 1.29 is 4.79 Å². The molecule has 18 heavy (non-hydrogen) atoms. The molecule has 3 nitrogen and oxygen atoms in total. The van der Waals surface area contributed by atoms with Crippen LogP contribution in [0.1, 0.15) is 20.9 Å². The second-order valence-electron chi connectivity index (χ2n) is 4.05. The maximum Gasteiger partial charge on any atom is 0.264 e. The Morgan fingerprint density at radius 2 is 2.28 bits per heavy atom. The maximum atomic E-state index is 12.2. The lowest BCUT2D eigenvalue weighted by Crippen LogP contribution is -2.25. The van der Waals surface area contributed by atoms with Gasteiger partial charge >= 0.3 is 0 Å². The summed E-state index contributed by atoms with van der Waals surface area (Å²) in [6, 6.07) is 7.61. The first-order valence-corrected chi connectivity index (χ1v) is 7.10. The van der Waals surface area contributed by atoms with Gasteiger partial charge in [0.2, 0.25) is 0 Å². The summed E-state index contributed by atoms with van der Waals surface area (Å²) in [5.74, 6) is 0.0273. The second-order valence-corrected chi connectivity index (χ2v) is 6.42. The van der Waals surface area contributed by atoms with Crippen LogP contribution in [0.25, 0.3) is 0 Å². The van der Waals surface area contributed by atoms with E-state index in [0.29, 0.717) is 6.54 Å². The molecular weight excluding hydrogens is 312 g/mol. The van der Waals surface area contributed by atoms with Crippen molar-refractivity contribution >= 4 is 33.2 Å². The third-order valence-corrected chi connectivity index (χ3v) is 4.66. The van der Waals surface area contributed by atoms with Gasteiger partial charge in [-0.25, -0.2) is 0 Å². The topological polar surface area (TPSA) is 33.2 Å². The molecule has 0 atom stereocenters. The first-order chi connectivity index (χ1) is 8.58. The number of hydrogen-bond donors (Lipinski definition) is 0. The van der Waals surface area contributed by atoms with Gasteiger partial charge in [0.15, 0.2) is 0 Å². The Morgan fingerprint density at radius 3 is 2.83 bits per heavy atom. The van der Waals surface area contributed by atoms with E-state index in [1.165, 1.54) is 11.3 Å². The van der Waals surface area contributed by atoms with Gasteiger partial charge in [-0.05, 0) is 46.6 Å². The number of pyridine rings is 1. The highest BCUT2D eigenvalue weighted by atomic mass is 79.9. The fourth-order valence-electron chi connectivity index (χ4n) is 1.56. The summed E-state index contributed by atoms with van der Waals surface area (Å²) in [7, 11) is 1.79. The third-order valence-electron chi connectivity index (χ3n) is 2.54. The van der Waals surface area contributed by atoms with E-state index in [1.807, 2.05) is 31.2 Å². The van der Waals surface area contributed by atoms with Crippen LogP contribution in [-0.2, 0) is 6.54 Å². The predicted octanol–water partition coefficient (Wildman–Crippen LogP) is 3.49. The zero-order valence-electron chi connectivity index (χ0n) is 10.2. The third kappa shape index (κ3) is 2.97. The number of hydrogen-bond acceptors (Lipinski definition) is 3. The summed E-state index contributed by atoms with van der Waals surface area (Å²) in [5, 5.41) is 0. The van der Waals surface area contributed by atoms with Crippen LogP contribution in [0.5, 0.6) is 0 Å². The normalized spacial score (nSPS) is 10.4. The molecule has 2 rings (SSSR count). The van der Waals surface area contributed by atoms with Crippen LogP contribution in [0.15, 0.2) is 34.2 Å². The number of aryl methyl sites for hydroxylation is 1. The molecule has 0 spiro atoms. The summed E-state index contributed by atoms with van der Waals surface area (Å²) in [4.78, 5) is 18.8. The number of carbonyl (C=O) groups is 1. The molecule has 2 aromatic heterocycles. The van der Waals surface area contributed by atoms with Crippen molar-refractivity contribution in [3.05, 3.63) is 50.4 Å². The minimum absolute atomic E-state index is 0.0273. The minimum atomic E-state index is 0.0273. The Bertz CT molecular complexity index is 534. The first kappa shape index (κ1) is 13.2. The van der Waals surface area contributed by atoms with Gasteiger partial charge in [0.05, 0.1) is 20.9 Å². The largest absolute Gasteiger partial charge is 0.335 e. The molecule has 2 aromatic rings. The van der Waals surface area contributed by atoms with Crippen molar-refractivity contribution in [2.24, 2.45) is 0 Å². The molecule has 0 aliphatic rings. The van der Waals surface area contributed by atoms with E-state index < -0.39 is 0 Å². The van der Waals surface area contributed by atoms with E-state index in [-0.39, 0.29) is 5.91 Å². The Morgan fingerprint density at radius 1 is 1.50 bits per heavy atom. The van der Waals surface area contributed by atoms with Gasteiger partial charge in [0.1, 0.15) is 0 Å². The molecule has 1 amide bonds. The van der Waals surface area contributed by atoms with E-state index in [2.05, 4.69) is 20.9 Å². The summed E-state index contributed by atoms with van der Waals surface area (Å²) in [5.41, 5.74) is 1.98. The molecule has 0 radical (unpaired) electrons. The number of nitrogens with zero attached hydrogens (tertiary/aromatic N) is 2. The average Bonchev–Trinajstić information content (AvgIpc) is 2.70. The fourth-order valence-corrected chi connectivity index (χ4v) is 3.09. The standard InChI is InChI=1S/C13H13BrN2OS/c1-9-7-11(18-12(9)14)13(17)16(2)8-10-5-3-4-6-15-10/h3-7H,8H2,1-2H3. The highest BCUT2D eigenvalue weighted by Crippen LogP contribution is 2.28. The molecule has 5 heteroatoms. The van der Waals surface area contributed by atoms with E-state index in [4.69, 9.17) is 0 Å². The lowest BCUT2D eigenvalue weighted by atomic mass is 10.3. The van der Waals surface area contributed by atoms with Crippen molar-refractivity contribution in [1.82, 2.24) is 9.88 Å². The zero-order chi connectivity index (χ0) is 13.1. The number of amides is 1. The van der Waals surface area contributed by atoms with Crippen molar-refractivity contribution in [2.45, 2.75) is 13.5 Å². The maximum absolute atomic E-state index is 12.2. The molecule has 0 aliphatic carbocycles. The molecule has 0 aromatic carbocycles. The smallest absolute Gasteiger partial charge is 0.264 e. The molecule has 0 saturated carbocycles. The van der Waals surface area contributed by atoms with Crippen LogP contribution >= 0.6 is 27.3 Å². The number of carbonyl (C=O) groups excluding carboxylic acids is 1. The minimum Gasteiger partial charge on any atom is -0.335 e. The zero-order valence-corrected chi connectivity index (χ0v) is 12.6. The molecule has 2 heterocycles. The van der Waals surface area contributed by atoms with Crippen LogP contribution in [0.2, 0.25) is 0 Å². The van der Waals surface area contributed by atoms with Crippen LogP contribution in [-0.4, -0.2) is 22.8 Å². The molecule has 94 valence electrons. The highest BCUT2D eigenvalue weighted by molar-refractivity contribution is 9.11. The Labute approximate surface area is 119 Å². The second kappa shape index (κ2) is 5.63. The van der Waals surface area contributed by atoms with Crippen LogP contribution in [0.4, 0.5) is 0 Å². The summed E-state index contributed by atoms with van der Waals surface area (Å²) in [6.07, 6.45) is 1.74. The average molecular weight is 325 g/mol. The van der Waals surface area contributed by atoms with E-state index in [1.54, 1.807) is 18.1 Å². The quantitative estimate of drug-likeness (QED) is 0.865. The highest BCUT2D eigenvalue weighted by Gasteiger charge is 2.16. The van der Waals surface area contributed by atoms with Crippen LogP contribution < -0.4 is 0 Å². The summed E-state index contributed by atoms with van der Waals surface area (Å²) in [6.45, 7) is 2.50. The SMILES string of the molecule is Cc1cc(C(=O)N(C)Cc2ccccn2)sc1Br. The van der Waals surface area contributed by atoms with E-state index in [9.17, 15) is 4.79 Å². The van der Waals surface area contributed by atoms with Gasteiger partial charge in [-0.2, -0.15) is 0 Å². The van der Waals surface area contributed by atoms with Crippen molar-refractivity contribution in [3.63, 3.8) is 0 Å². The van der Waals surface area contributed by atoms with Gasteiger partial charge in [-0.15, -0.1) is 11.3 Å². The lowest BCUT2D eigenvalue weighted by molar-refractivity contribution is 0.0788. The first-order valence-electron chi connectivity index (χ1n) is 5.49. The Kier molecular flexibility index (Phi) is 4.14. The van der Waals surface area contributed by atoms with Crippen molar-refractivity contribution in [1.29, 1.82) is 0 Å². The summed E-state index contributed by atoms with van der Waals surface area (Å²) < 4.78 is 1.01. The molecule has 0 unspecified atom stereocenters. The molecule has 0 bridgehead atoms.